The molecule has 1 aromatic carbocycles. The van der Waals surface area contributed by atoms with Crippen LogP contribution in [0.2, 0.25) is 0 Å². The van der Waals surface area contributed by atoms with Gasteiger partial charge in [-0.1, -0.05) is 22.0 Å². The minimum atomic E-state index is -1.04. The number of carbonyl (C=O) groups is 1. The van der Waals surface area contributed by atoms with E-state index in [1.54, 1.807) is 23.1 Å². The van der Waals surface area contributed by atoms with E-state index in [2.05, 4.69) is 15.9 Å². The summed E-state index contributed by atoms with van der Waals surface area (Å²) in [5.74, 6) is 0.686. The molecule has 1 saturated heterocycles. The second kappa shape index (κ2) is 9.22. The van der Waals surface area contributed by atoms with Gasteiger partial charge < -0.3 is 29.3 Å². The first kappa shape index (κ1) is 19.0. The van der Waals surface area contributed by atoms with Gasteiger partial charge in [-0.15, -0.1) is 0 Å². The molecule has 0 aliphatic carbocycles. The zero-order valence-corrected chi connectivity index (χ0v) is 15.1. The summed E-state index contributed by atoms with van der Waals surface area (Å²) in [7, 11) is 1.48. The van der Waals surface area contributed by atoms with Crippen molar-refractivity contribution in [2.45, 2.75) is 12.2 Å². The minimum absolute atomic E-state index is 0.0950. The van der Waals surface area contributed by atoms with Crippen LogP contribution in [-0.2, 0) is 9.53 Å². The minimum Gasteiger partial charge on any atom is -0.493 e. The number of amides is 1. The maximum Gasteiger partial charge on any atom is 0.260 e. The van der Waals surface area contributed by atoms with Gasteiger partial charge in [0.1, 0.15) is 6.10 Å². The lowest BCUT2D eigenvalue weighted by Crippen LogP contribution is -2.43. The third-order valence-corrected chi connectivity index (χ3v) is 4.43. The average molecular weight is 404 g/mol. The van der Waals surface area contributed by atoms with Gasteiger partial charge in [0.15, 0.2) is 18.1 Å². The Bertz CT molecular complexity index is 549. The fourth-order valence-electron chi connectivity index (χ4n) is 2.34. The summed E-state index contributed by atoms with van der Waals surface area (Å²) in [6.45, 7) is 2.11. The Morgan fingerprint density at radius 1 is 1.33 bits per heavy atom. The molecule has 2 N–H and O–H groups in total. The van der Waals surface area contributed by atoms with Crippen LogP contribution in [0.5, 0.6) is 11.5 Å². The molecule has 2 unspecified atom stereocenters. The number of halogens is 1. The van der Waals surface area contributed by atoms with E-state index in [9.17, 15) is 15.0 Å². The van der Waals surface area contributed by atoms with Gasteiger partial charge in [-0.25, -0.2) is 0 Å². The topological polar surface area (TPSA) is 88.5 Å². The number of aliphatic hydroxyl groups excluding tert-OH is 2. The number of aliphatic hydroxyl groups is 2. The first-order chi connectivity index (χ1) is 11.6. The summed E-state index contributed by atoms with van der Waals surface area (Å²) in [6, 6.07) is 4.84. The van der Waals surface area contributed by atoms with E-state index in [-0.39, 0.29) is 17.8 Å². The van der Waals surface area contributed by atoms with Crippen LogP contribution in [0.25, 0.3) is 0 Å². The van der Waals surface area contributed by atoms with Gasteiger partial charge in [-0.3, -0.25) is 4.79 Å². The maximum atomic E-state index is 12.1. The molecule has 2 rings (SSSR count). The summed E-state index contributed by atoms with van der Waals surface area (Å²) in [5, 5.41) is 20.0. The fraction of sp³-hybridized carbons (Fsp3) is 0.562. The molecule has 0 aromatic heterocycles. The number of hydrogen-bond donors (Lipinski definition) is 2. The molecule has 1 amide bonds. The lowest BCUT2D eigenvalue weighted by molar-refractivity contribution is -0.137. The van der Waals surface area contributed by atoms with E-state index in [1.807, 2.05) is 0 Å². The van der Waals surface area contributed by atoms with Gasteiger partial charge in [0.05, 0.1) is 26.4 Å². The van der Waals surface area contributed by atoms with Crippen molar-refractivity contribution in [3.05, 3.63) is 23.8 Å². The predicted octanol–water partition coefficient (Wildman–Crippen LogP) is 0.722. The number of hydrogen-bond acceptors (Lipinski definition) is 6. The Kier molecular flexibility index (Phi) is 7.29. The van der Waals surface area contributed by atoms with Crippen LogP contribution in [0.4, 0.5) is 0 Å². The van der Waals surface area contributed by atoms with Crippen molar-refractivity contribution in [2.75, 3.05) is 45.4 Å². The van der Waals surface area contributed by atoms with E-state index < -0.39 is 12.2 Å². The zero-order valence-electron chi connectivity index (χ0n) is 13.5. The van der Waals surface area contributed by atoms with Crippen molar-refractivity contribution in [2.24, 2.45) is 0 Å². The van der Waals surface area contributed by atoms with E-state index in [1.165, 1.54) is 7.11 Å². The van der Waals surface area contributed by atoms with Crippen molar-refractivity contribution < 1.29 is 29.2 Å². The molecular formula is C16H22BrNO6. The summed E-state index contributed by atoms with van der Waals surface area (Å²) in [6.07, 6.45) is -1.97. The number of rotatable bonds is 7. The second-order valence-corrected chi connectivity index (χ2v) is 6.01. The monoisotopic (exact) mass is 403 g/mol. The molecule has 8 heteroatoms. The van der Waals surface area contributed by atoms with Gasteiger partial charge in [-0.2, -0.15) is 0 Å². The van der Waals surface area contributed by atoms with Gasteiger partial charge in [0, 0.05) is 18.4 Å². The second-order valence-electron chi connectivity index (χ2n) is 5.36. The highest BCUT2D eigenvalue weighted by molar-refractivity contribution is 9.09. The number of alkyl halides is 1. The lowest BCUT2D eigenvalue weighted by Gasteiger charge is -2.26. The Morgan fingerprint density at radius 3 is 2.67 bits per heavy atom. The molecule has 0 radical (unpaired) electrons. The molecule has 24 heavy (non-hydrogen) atoms. The van der Waals surface area contributed by atoms with Gasteiger partial charge in [0.2, 0.25) is 0 Å². The number of nitrogens with zero attached hydrogens (tertiary/aromatic N) is 1. The molecule has 0 bridgehead atoms. The van der Waals surface area contributed by atoms with Crippen molar-refractivity contribution >= 4 is 21.8 Å². The van der Waals surface area contributed by atoms with Crippen LogP contribution < -0.4 is 9.47 Å². The summed E-state index contributed by atoms with van der Waals surface area (Å²) in [5.41, 5.74) is 0.505. The van der Waals surface area contributed by atoms with Crippen molar-refractivity contribution in [3.63, 3.8) is 0 Å². The number of benzene rings is 1. The van der Waals surface area contributed by atoms with Crippen LogP contribution >= 0.6 is 15.9 Å². The SMILES string of the molecule is COc1cc(C(O)C(O)CBr)ccc1OCC(=O)N1CCOCC1. The Balaban J connectivity index is 2.00. The summed E-state index contributed by atoms with van der Waals surface area (Å²) >= 11 is 3.12. The van der Waals surface area contributed by atoms with Crippen molar-refractivity contribution in [1.29, 1.82) is 0 Å². The quantitative estimate of drug-likeness (QED) is 0.652. The molecule has 1 aromatic rings. The maximum absolute atomic E-state index is 12.1. The van der Waals surface area contributed by atoms with E-state index in [0.29, 0.717) is 43.4 Å². The Hall–Kier alpha value is -1.35. The van der Waals surface area contributed by atoms with Gasteiger partial charge >= 0.3 is 0 Å². The normalized spacial score (nSPS) is 17.2. The summed E-state index contributed by atoms with van der Waals surface area (Å²) in [4.78, 5) is 13.8. The van der Waals surface area contributed by atoms with Crippen molar-refractivity contribution in [1.82, 2.24) is 4.90 Å². The average Bonchev–Trinajstić information content (AvgIpc) is 2.65. The smallest absolute Gasteiger partial charge is 0.260 e. The van der Waals surface area contributed by atoms with Crippen LogP contribution in [0.15, 0.2) is 18.2 Å². The van der Waals surface area contributed by atoms with E-state index >= 15 is 0 Å². The number of methoxy groups -OCH3 is 1. The van der Waals surface area contributed by atoms with Gasteiger partial charge in [-0.05, 0) is 17.7 Å². The van der Waals surface area contributed by atoms with Crippen LogP contribution in [-0.4, -0.2) is 72.5 Å². The van der Waals surface area contributed by atoms with E-state index in [4.69, 9.17) is 14.2 Å². The highest BCUT2D eigenvalue weighted by Crippen LogP contribution is 2.31. The Labute approximate surface area is 149 Å². The Morgan fingerprint density at radius 2 is 2.04 bits per heavy atom. The fourth-order valence-corrected chi connectivity index (χ4v) is 2.69. The first-order valence-electron chi connectivity index (χ1n) is 7.65. The molecule has 1 aliphatic heterocycles. The molecule has 1 heterocycles. The van der Waals surface area contributed by atoms with Gasteiger partial charge in [0.25, 0.3) is 5.91 Å². The van der Waals surface area contributed by atoms with Crippen LogP contribution in [0.1, 0.15) is 11.7 Å². The predicted molar refractivity (Wildman–Crippen MR) is 90.6 cm³/mol. The molecule has 2 atom stereocenters. The van der Waals surface area contributed by atoms with Crippen molar-refractivity contribution in [3.8, 4) is 11.5 Å². The number of carbonyl (C=O) groups excluding carboxylic acids is 1. The number of morpholine rings is 1. The molecular weight excluding hydrogens is 382 g/mol. The third-order valence-electron chi connectivity index (χ3n) is 3.77. The zero-order chi connectivity index (χ0) is 17.5. The molecule has 0 spiro atoms. The largest absolute Gasteiger partial charge is 0.493 e. The molecule has 0 saturated carbocycles. The standard InChI is InChI=1S/C16H22BrNO6/c1-22-14-8-11(16(21)12(19)9-17)2-3-13(14)24-10-15(20)18-4-6-23-7-5-18/h2-3,8,12,16,19,21H,4-7,9-10H2,1H3. The summed E-state index contributed by atoms with van der Waals surface area (Å²) < 4.78 is 16.0. The molecule has 1 aliphatic rings. The van der Waals surface area contributed by atoms with E-state index in [0.717, 1.165) is 0 Å². The molecule has 134 valence electrons. The highest BCUT2D eigenvalue weighted by atomic mass is 79.9. The van der Waals surface area contributed by atoms with Crippen LogP contribution in [0.3, 0.4) is 0 Å². The first-order valence-corrected chi connectivity index (χ1v) is 8.77. The highest BCUT2D eigenvalue weighted by Gasteiger charge is 2.20. The lowest BCUT2D eigenvalue weighted by atomic mass is 10.0. The third kappa shape index (κ3) is 4.83. The van der Waals surface area contributed by atoms with Crippen LogP contribution in [0, 0.1) is 0 Å². The molecule has 7 nitrogen and oxygen atoms in total. The molecule has 1 fully saturated rings. The number of ether oxygens (including phenoxy) is 3.